The minimum Gasteiger partial charge on any atom is -0.338 e. The number of halogens is 1. The first-order valence-electron chi connectivity index (χ1n) is 8.02. The summed E-state index contributed by atoms with van der Waals surface area (Å²) in [6.45, 7) is 2.56. The zero-order chi connectivity index (χ0) is 15.5. The minimum absolute atomic E-state index is 0. The third-order valence-electron chi connectivity index (χ3n) is 4.39. The molecule has 0 spiro atoms. The Balaban J connectivity index is 0.00000192. The lowest BCUT2D eigenvalue weighted by Gasteiger charge is -2.17. The van der Waals surface area contributed by atoms with Gasteiger partial charge in [0.2, 0.25) is 5.91 Å². The molecule has 1 heterocycles. The van der Waals surface area contributed by atoms with E-state index in [1.807, 2.05) is 30.1 Å². The van der Waals surface area contributed by atoms with E-state index in [9.17, 15) is 9.59 Å². The molecule has 2 fully saturated rings. The molecule has 0 aromatic heterocycles. The van der Waals surface area contributed by atoms with Crippen LogP contribution < -0.4 is 10.6 Å². The van der Waals surface area contributed by atoms with Crippen LogP contribution in [0.15, 0.2) is 24.3 Å². The summed E-state index contributed by atoms with van der Waals surface area (Å²) in [7, 11) is 1.94. The van der Waals surface area contributed by atoms with E-state index in [0.717, 1.165) is 38.9 Å². The van der Waals surface area contributed by atoms with E-state index in [2.05, 4.69) is 10.6 Å². The zero-order valence-corrected chi connectivity index (χ0v) is 14.2. The van der Waals surface area contributed by atoms with Gasteiger partial charge < -0.3 is 15.5 Å². The van der Waals surface area contributed by atoms with Crippen molar-refractivity contribution in [3.63, 3.8) is 0 Å². The number of likely N-dealkylation sites (tertiary alicyclic amines) is 1. The van der Waals surface area contributed by atoms with Crippen molar-refractivity contribution in [2.45, 2.75) is 19.3 Å². The van der Waals surface area contributed by atoms with Crippen molar-refractivity contribution < 1.29 is 9.59 Å². The second-order valence-electron chi connectivity index (χ2n) is 6.31. The van der Waals surface area contributed by atoms with Crippen LogP contribution in [0.4, 0.5) is 5.69 Å². The number of benzene rings is 1. The van der Waals surface area contributed by atoms with Gasteiger partial charge in [0, 0.05) is 30.3 Å². The predicted octanol–water partition coefficient (Wildman–Crippen LogP) is 2.14. The number of anilines is 1. The normalized spacial score (nSPS) is 20.0. The molecule has 126 valence electrons. The molecule has 1 saturated carbocycles. The largest absolute Gasteiger partial charge is 0.338 e. The highest BCUT2D eigenvalue weighted by Crippen LogP contribution is 2.30. The number of nitrogens with zero attached hydrogens (tertiary/aromatic N) is 1. The zero-order valence-electron chi connectivity index (χ0n) is 13.4. The van der Waals surface area contributed by atoms with Crippen LogP contribution >= 0.6 is 12.4 Å². The van der Waals surface area contributed by atoms with Gasteiger partial charge in [-0.2, -0.15) is 0 Å². The van der Waals surface area contributed by atoms with Gasteiger partial charge in [-0.1, -0.05) is 6.07 Å². The Morgan fingerprint density at radius 1 is 1.26 bits per heavy atom. The Morgan fingerprint density at radius 3 is 2.74 bits per heavy atom. The Hall–Kier alpha value is -1.59. The topological polar surface area (TPSA) is 61.4 Å². The summed E-state index contributed by atoms with van der Waals surface area (Å²) in [5.41, 5.74) is 1.37. The summed E-state index contributed by atoms with van der Waals surface area (Å²) in [4.78, 5) is 26.3. The number of carbonyl (C=O) groups is 2. The molecule has 2 aliphatic rings. The number of rotatable bonds is 5. The summed E-state index contributed by atoms with van der Waals surface area (Å²) >= 11 is 0. The van der Waals surface area contributed by atoms with Crippen molar-refractivity contribution in [1.82, 2.24) is 10.2 Å². The van der Waals surface area contributed by atoms with E-state index >= 15 is 0 Å². The van der Waals surface area contributed by atoms with Crippen LogP contribution in [0.2, 0.25) is 0 Å². The van der Waals surface area contributed by atoms with Crippen molar-refractivity contribution in [2.75, 3.05) is 32.0 Å². The maximum atomic E-state index is 12.6. The highest BCUT2D eigenvalue weighted by Gasteiger charge is 2.30. The molecule has 2 N–H and O–H groups in total. The van der Waals surface area contributed by atoms with Gasteiger partial charge in [-0.15, -0.1) is 12.4 Å². The summed E-state index contributed by atoms with van der Waals surface area (Å²) < 4.78 is 0. The van der Waals surface area contributed by atoms with E-state index in [1.54, 1.807) is 6.07 Å². The van der Waals surface area contributed by atoms with E-state index in [-0.39, 0.29) is 30.1 Å². The number of nitrogens with one attached hydrogen (secondary N) is 2. The first-order valence-corrected chi connectivity index (χ1v) is 8.02. The third-order valence-corrected chi connectivity index (χ3v) is 4.39. The Labute approximate surface area is 143 Å². The fraction of sp³-hybridized carbons (Fsp3) is 0.529. The van der Waals surface area contributed by atoms with Crippen LogP contribution in [0.3, 0.4) is 0 Å². The van der Waals surface area contributed by atoms with Gasteiger partial charge in [0.25, 0.3) is 5.91 Å². The van der Waals surface area contributed by atoms with Crippen molar-refractivity contribution in [2.24, 2.45) is 11.8 Å². The lowest BCUT2D eigenvalue weighted by Crippen LogP contribution is -2.30. The summed E-state index contributed by atoms with van der Waals surface area (Å²) in [5.74, 6) is 0.827. The number of amides is 2. The monoisotopic (exact) mass is 337 g/mol. The van der Waals surface area contributed by atoms with Gasteiger partial charge in [0.05, 0.1) is 0 Å². The molecular formula is C17H24ClN3O2. The second-order valence-corrected chi connectivity index (χ2v) is 6.31. The summed E-state index contributed by atoms with van der Waals surface area (Å²) in [6, 6.07) is 7.27. The number of hydrogen-bond donors (Lipinski definition) is 2. The fourth-order valence-corrected chi connectivity index (χ4v) is 2.97. The molecule has 2 amide bonds. The van der Waals surface area contributed by atoms with Crippen LogP contribution in [0.5, 0.6) is 0 Å². The SMILES string of the molecule is CNCC1CCN(C(=O)c2cccc(NC(=O)C3CC3)c2)C1.Cl. The molecule has 1 aliphatic carbocycles. The van der Waals surface area contributed by atoms with Gasteiger partial charge >= 0.3 is 0 Å². The number of carbonyl (C=O) groups excluding carboxylic acids is 2. The smallest absolute Gasteiger partial charge is 0.253 e. The predicted molar refractivity (Wildman–Crippen MR) is 93.0 cm³/mol. The van der Waals surface area contributed by atoms with Crippen molar-refractivity contribution in [1.29, 1.82) is 0 Å². The van der Waals surface area contributed by atoms with Gasteiger partial charge in [0.1, 0.15) is 0 Å². The van der Waals surface area contributed by atoms with Gasteiger partial charge in [-0.05, 0) is 57.0 Å². The van der Waals surface area contributed by atoms with Crippen molar-refractivity contribution in [3.05, 3.63) is 29.8 Å². The summed E-state index contributed by atoms with van der Waals surface area (Å²) in [5, 5.41) is 6.07. The quantitative estimate of drug-likeness (QED) is 0.865. The van der Waals surface area contributed by atoms with E-state index < -0.39 is 0 Å². The van der Waals surface area contributed by atoms with E-state index in [0.29, 0.717) is 17.2 Å². The third kappa shape index (κ3) is 4.45. The highest BCUT2D eigenvalue weighted by molar-refractivity contribution is 5.98. The van der Waals surface area contributed by atoms with E-state index in [4.69, 9.17) is 0 Å². The molecule has 0 bridgehead atoms. The number of hydrogen-bond acceptors (Lipinski definition) is 3. The molecule has 0 radical (unpaired) electrons. The van der Waals surface area contributed by atoms with Crippen LogP contribution in [0.25, 0.3) is 0 Å². The average molecular weight is 338 g/mol. The molecular weight excluding hydrogens is 314 g/mol. The molecule has 1 unspecified atom stereocenters. The Bertz CT molecular complexity index is 575. The molecule has 6 heteroatoms. The molecule has 3 rings (SSSR count). The average Bonchev–Trinajstić information content (AvgIpc) is 3.27. The standard InChI is InChI=1S/C17H23N3O2.ClH/c1-18-10-12-7-8-20(11-12)17(22)14-3-2-4-15(9-14)19-16(21)13-5-6-13;/h2-4,9,12-13,18H,5-8,10-11H2,1H3,(H,19,21);1H. The Morgan fingerprint density at radius 2 is 2.04 bits per heavy atom. The first kappa shape index (κ1) is 17.8. The highest BCUT2D eigenvalue weighted by atomic mass is 35.5. The molecule has 5 nitrogen and oxygen atoms in total. The van der Waals surface area contributed by atoms with Crippen molar-refractivity contribution >= 4 is 29.9 Å². The maximum absolute atomic E-state index is 12.6. The van der Waals surface area contributed by atoms with Gasteiger partial charge in [-0.3, -0.25) is 9.59 Å². The van der Waals surface area contributed by atoms with Crippen LogP contribution in [-0.2, 0) is 4.79 Å². The lowest BCUT2D eigenvalue weighted by molar-refractivity contribution is -0.117. The Kier molecular flexibility index (Phi) is 6.02. The van der Waals surface area contributed by atoms with Crippen LogP contribution in [-0.4, -0.2) is 43.4 Å². The summed E-state index contributed by atoms with van der Waals surface area (Å²) in [6.07, 6.45) is 3.00. The molecule has 23 heavy (non-hydrogen) atoms. The van der Waals surface area contributed by atoms with Gasteiger partial charge in [-0.25, -0.2) is 0 Å². The van der Waals surface area contributed by atoms with E-state index in [1.165, 1.54) is 0 Å². The van der Waals surface area contributed by atoms with Crippen LogP contribution in [0.1, 0.15) is 29.6 Å². The minimum atomic E-state index is 0. The van der Waals surface area contributed by atoms with Gasteiger partial charge in [0.15, 0.2) is 0 Å². The lowest BCUT2D eigenvalue weighted by atomic mass is 10.1. The molecule has 1 aromatic rings. The molecule has 1 aliphatic heterocycles. The first-order chi connectivity index (χ1) is 10.7. The fourth-order valence-electron chi connectivity index (χ4n) is 2.97. The van der Waals surface area contributed by atoms with Crippen molar-refractivity contribution in [3.8, 4) is 0 Å². The van der Waals surface area contributed by atoms with Crippen LogP contribution in [0, 0.1) is 11.8 Å². The molecule has 1 saturated heterocycles. The molecule has 1 atom stereocenters. The molecule has 1 aromatic carbocycles. The second kappa shape index (κ2) is 7.79. The maximum Gasteiger partial charge on any atom is 0.253 e.